The number of likely N-dealkylation sites (tertiary alicyclic amines) is 1. The third-order valence-corrected chi connectivity index (χ3v) is 3.72. The van der Waals surface area contributed by atoms with Gasteiger partial charge >= 0.3 is 0 Å². The SMILES string of the molecule is CN(C)CC1CCCN1C(=S)Nc1ccc(F)cc1F. The lowest BCUT2D eigenvalue weighted by atomic mass is 10.2. The molecule has 1 aliphatic rings. The summed E-state index contributed by atoms with van der Waals surface area (Å²) in [7, 11) is 4.04. The van der Waals surface area contributed by atoms with Gasteiger partial charge in [-0.3, -0.25) is 0 Å². The molecular weight excluding hydrogens is 280 g/mol. The highest BCUT2D eigenvalue weighted by atomic mass is 32.1. The zero-order valence-electron chi connectivity index (χ0n) is 11.7. The van der Waals surface area contributed by atoms with Crippen molar-refractivity contribution >= 4 is 23.0 Å². The van der Waals surface area contributed by atoms with Gasteiger partial charge in [-0.2, -0.15) is 0 Å². The number of hydrogen-bond acceptors (Lipinski definition) is 2. The van der Waals surface area contributed by atoms with Crippen LogP contribution in [-0.2, 0) is 0 Å². The summed E-state index contributed by atoms with van der Waals surface area (Å²) in [6.45, 7) is 1.78. The van der Waals surface area contributed by atoms with Crippen molar-refractivity contribution in [2.45, 2.75) is 18.9 Å². The number of nitrogens with zero attached hydrogens (tertiary/aromatic N) is 2. The van der Waals surface area contributed by atoms with E-state index in [1.54, 1.807) is 0 Å². The molecule has 1 aliphatic heterocycles. The largest absolute Gasteiger partial charge is 0.345 e. The Morgan fingerprint density at radius 3 is 2.85 bits per heavy atom. The van der Waals surface area contributed by atoms with Gasteiger partial charge in [0.2, 0.25) is 0 Å². The first-order chi connectivity index (χ1) is 9.47. The zero-order chi connectivity index (χ0) is 14.7. The highest BCUT2D eigenvalue weighted by molar-refractivity contribution is 7.80. The van der Waals surface area contributed by atoms with Crippen LogP contribution in [0.25, 0.3) is 0 Å². The molecule has 2 rings (SSSR count). The fourth-order valence-electron chi connectivity index (χ4n) is 2.49. The molecule has 0 radical (unpaired) electrons. The molecule has 1 unspecified atom stereocenters. The molecule has 0 amide bonds. The lowest BCUT2D eigenvalue weighted by molar-refractivity contribution is 0.288. The lowest BCUT2D eigenvalue weighted by Crippen LogP contribution is -2.43. The molecule has 1 aromatic rings. The second kappa shape index (κ2) is 6.45. The van der Waals surface area contributed by atoms with Gasteiger partial charge in [0.25, 0.3) is 0 Å². The van der Waals surface area contributed by atoms with E-state index in [0.29, 0.717) is 11.2 Å². The minimum absolute atomic E-state index is 0.215. The standard InChI is InChI=1S/C14H19F2N3S/c1-18(2)9-11-4-3-7-19(11)14(20)17-13-6-5-10(15)8-12(13)16/h5-6,8,11H,3-4,7,9H2,1-2H3,(H,17,20). The summed E-state index contributed by atoms with van der Waals surface area (Å²) in [5.41, 5.74) is 0.215. The van der Waals surface area contributed by atoms with Crippen molar-refractivity contribution in [1.29, 1.82) is 0 Å². The molecule has 3 nitrogen and oxygen atoms in total. The Hall–Kier alpha value is -1.27. The van der Waals surface area contributed by atoms with Crippen LogP contribution in [-0.4, -0.2) is 48.1 Å². The number of halogens is 2. The molecule has 1 heterocycles. The van der Waals surface area contributed by atoms with Crippen LogP contribution < -0.4 is 5.32 Å². The van der Waals surface area contributed by atoms with Crippen molar-refractivity contribution < 1.29 is 8.78 Å². The van der Waals surface area contributed by atoms with E-state index in [2.05, 4.69) is 15.1 Å². The van der Waals surface area contributed by atoms with E-state index in [1.165, 1.54) is 12.1 Å². The van der Waals surface area contributed by atoms with Crippen molar-refractivity contribution in [3.8, 4) is 0 Å². The highest BCUT2D eigenvalue weighted by Crippen LogP contribution is 2.21. The van der Waals surface area contributed by atoms with E-state index in [9.17, 15) is 8.78 Å². The van der Waals surface area contributed by atoms with Crippen molar-refractivity contribution in [3.05, 3.63) is 29.8 Å². The Balaban J connectivity index is 2.03. The van der Waals surface area contributed by atoms with Gasteiger partial charge in [-0.1, -0.05) is 0 Å². The van der Waals surface area contributed by atoms with Crippen LogP contribution in [0.1, 0.15) is 12.8 Å². The van der Waals surface area contributed by atoms with Crippen LogP contribution in [0.4, 0.5) is 14.5 Å². The Morgan fingerprint density at radius 1 is 1.45 bits per heavy atom. The first kappa shape index (κ1) is 15.1. The fourth-order valence-corrected chi connectivity index (χ4v) is 2.84. The van der Waals surface area contributed by atoms with Crippen LogP contribution in [0.15, 0.2) is 18.2 Å². The summed E-state index contributed by atoms with van der Waals surface area (Å²) < 4.78 is 26.5. The summed E-state index contributed by atoms with van der Waals surface area (Å²) in [4.78, 5) is 4.20. The van der Waals surface area contributed by atoms with E-state index in [0.717, 1.165) is 32.0 Å². The predicted octanol–water partition coefficient (Wildman–Crippen LogP) is 2.69. The van der Waals surface area contributed by atoms with Gasteiger partial charge in [0.1, 0.15) is 11.6 Å². The molecule has 1 fully saturated rings. The third kappa shape index (κ3) is 3.64. The highest BCUT2D eigenvalue weighted by Gasteiger charge is 2.27. The van der Waals surface area contributed by atoms with Gasteiger partial charge in [0, 0.05) is 25.2 Å². The Kier molecular flexibility index (Phi) is 4.88. The number of likely N-dealkylation sites (N-methyl/N-ethyl adjacent to an activating group) is 1. The number of anilines is 1. The molecular formula is C14H19F2N3S. The van der Waals surface area contributed by atoms with Crippen LogP contribution in [0, 0.1) is 11.6 Å². The Labute approximate surface area is 123 Å². The maximum absolute atomic E-state index is 13.6. The number of thiocarbonyl (C=S) groups is 1. The molecule has 1 saturated heterocycles. The summed E-state index contributed by atoms with van der Waals surface area (Å²) >= 11 is 5.35. The normalized spacial score (nSPS) is 18.6. The van der Waals surface area contributed by atoms with Crippen molar-refractivity contribution in [2.24, 2.45) is 0 Å². The molecule has 0 saturated carbocycles. The molecule has 1 N–H and O–H groups in total. The topological polar surface area (TPSA) is 18.5 Å². The first-order valence-corrected chi connectivity index (χ1v) is 7.05. The molecule has 20 heavy (non-hydrogen) atoms. The van der Waals surface area contributed by atoms with E-state index >= 15 is 0 Å². The van der Waals surface area contributed by atoms with Crippen molar-refractivity contribution in [2.75, 3.05) is 32.5 Å². The van der Waals surface area contributed by atoms with Crippen LogP contribution in [0.5, 0.6) is 0 Å². The average molecular weight is 299 g/mol. The molecule has 0 bridgehead atoms. The van der Waals surface area contributed by atoms with E-state index < -0.39 is 11.6 Å². The number of hydrogen-bond donors (Lipinski definition) is 1. The summed E-state index contributed by atoms with van der Waals surface area (Å²) in [5, 5.41) is 3.38. The maximum Gasteiger partial charge on any atom is 0.173 e. The fraction of sp³-hybridized carbons (Fsp3) is 0.500. The van der Waals surface area contributed by atoms with Gasteiger partial charge in [-0.15, -0.1) is 0 Å². The molecule has 0 aromatic heterocycles. The zero-order valence-corrected chi connectivity index (χ0v) is 12.5. The van der Waals surface area contributed by atoms with Gasteiger partial charge in [-0.25, -0.2) is 8.78 Å². The number of nitrogens with one attached hydrogen (secondary N) is 1. The van der Waals surface area contributed by atoms with Crippen LogP contribution in [0.3, 0.4) is 0 Å². The quantitative estimate of drug-likeness (QED) is 0.865. The maximum atomic E-state index is 13.6. The minimum atomic E-state index is -0.629. The average Bonchev–Trinajstić information content (AvgIpc) is 2.80. The predicted molar refractivity (Wildman–Crippen MR) is 80.9 cm³/mol. The molecule has 1 atom stereocenters. The van der Waals surface area contributed by atoms with Gasteiger partial charge in [0.15, 0.2) is 5.11 Å². The second-order valence-corrected chi connectivity index (χ2v) is 5.69. The number of rotatable bonds is 3. The van der Waals surface area contributed by atoms with E-state index in [-0.39, 0.29) is 5.69 Å². The summed E-state index contributed by atoms with van der Waals surface area (Å²) in [6, 6.07) is 3.78. The van der Waals surface area contributed by atoms with E-state index in [1.807, 2.05) is 14.1 Å². The van der Waals surface area contributed by atoms with Crippen LogP contribution in [0.2, 0.25) is 0 Å². The lowest BCUT2D eigenvalue weighted by Gasteiger charge is -2.29. The van der Waals surface area contributed by atoms with Gasteiger partial charge in [0.05, 0.1) is 5.69 Å². The van der Waals surface area contributed by atoms with Crippen molar-refractivity contribution in [1.82, 2.24) is 9.80 Å². The monoisotopic (exact) mass is 299 g/mol. The van der Waals surface area contributed by atoms with Crippen LogP contribution >= 0.6 is 12.2 Å². The Bertz CT molecular complexity index is 493. The van der Waals surface area contributed by atoms with Crippen molar-refractivity contribution in [3.63, 3.8) is 0 Å². The van der Waals surface area contributed by atoms with Gasteiger partial charge in [-0.05, 0) is 51.3 Å². The molecule has 0 aliphatic carbocycles. The molecule has 1 aromatic carbocycles. The second-order valence-electron chi connectivity index (χ2n) is 5.31. The molecule has 110 valence electrons. The minimum Gasteiger partial charge on any atom is -0.345 e. The summed E-state index contributed by atoms with van der Waals surface area (Å²) in [6.07, 6.45) is 2.15. The number of benzene rings is 1. The Morgan fingerprint density at radius 2 is 2.20 bits per heavy atom. The third-order valence-electron chi connectivity index (χ3n) is 3.39. The summed E-state index contributed by atoms with van der Waals surface area (Å²) in [5.74, 6) is -1.22. The smallest absolute Gasteiger partial charge is 0.173 e. The first-order valence-electron chi connectivity index (χ1n) is 6.65. The molecule has 0 spiro atoms. The van der Waals surface area contributed by atoms with Gasteiger partial charge < -0.3 is 15.1 Å². The molecule has 6 heteroatoms. The van der Waals surface area contributed by atoms with E-state index in [4.69, 9.17) is 12.2 Å².